The molecule has 1 saturated heterocycles. The van der Waals surface area contributed by atoms with Crippen molar-refractivity contribution in [1.82, 2.24) is 20.2 Å². The van der Waals surface area contributed by atoms with Gasteiger partial charge in [-0.3, -0.25) is 14.7 Å². The molecule has 0 unspecified atom stereocenters. The van der Waals surface area contributed by atoms with Crippen LogP contribution in [0.3, 0.4) is 0 Å². The van der Waals surface area contributed by atoms with E-state index >= 15 is 0 Å². The summed E-state index contributed by atoms with van der Waals surface area (Å²) in [6.07, 6.45) is 6.12. The smallest absolute Gasteiger partial charge is 0.271 e. The maximum absolute atomic E-state index is 11.9. The number of aromatic nitrogens is 2. The highest BCUT2D eigenvalue weighted by Gasteiger charge is 2.22. The van der Waals surface area contributed by atoms with Crippen molar-refractivity contribution in [1.29, 1.82) is 0 Å². The first-order chi connectivity index (χ1) is 9.69. The van der Waals surface area contributed by atoms with Crippen LogP contribution in [0.5, 0.6) is 0 Å². The number of amides is 1. The molecule has 0 aliphatic carbocycles. The van der Waals surface area contributed by atoms with Crippen molar-refractivity contribution in [3.05, 3.63) is 24.3 Å². The number of piperidine rings is 1. The molecule has 4 N–H and O–H groups in total. The fourth-order valence-corrected chi connectivity index (χ4v) is 2.17. The minimum atomic E-state index is -0.201. The zero-order valence-corrected chi connectivity index (χ0v) is 11.1. The van der Waals surface area contributed by atoms with Crippen molar-refractivity contribution < 1.29 is 10.0 Å². The predicted molar refractivity (Wildman–Crippen MR) is 72.4 cm³/mol. The number of nitrogens with one attached hydrogen (secondary N) is 1. The Kier molecular flexibility index (Phi) is 4.83. The monoisotopic (exact) mass is 278 g/mol. The van der Waals surface area contributed by atoms with Crippen molar-refractivity contribution in [2.75, 3.05) is 19.6 Å². The fourth-order valence-electron chi connectivity index (χ4n) is 2.17. The molecule has 1 amide bonds. The van der Waals surface area contributed by atoms with Gasteiger partial charge < -0.3 is 16.3 Å². The van der Waals surface area contributed by atoms with Crippen LogP contribution >= 0.6 is 0 Å². The molecule has 108 valence electrons. The van der Waals surface area contributed by atoms with Crippen LogP contribution in [0, 0.1) is 0 Å². The molecule has 0 bridgehead atoms. The molecule has 1 aliphatic heterocycles. The number of rotatable bonds is 4. The van der Waals surface area contributed by atoms with E-state index in [1.807, 2.05) is 0 Å². The number of amidine groups is 1. The number of hydrogen-bond acceptors (Lipinski definition) is 6. The number of nitrogens with two attached hydrogens (primary N) is 1. The molecule has 1 aliphatic rings. The zero-order valence-electron chi connectivity index (χ0n) is 11.1. The van der Waals surface area contributed by atoms with Gasteiger partial charge in [0.2, 0.25) is 0 Å². The summed E-state index contributed by atoms with van der Waals surface area (Å²) in [7, 11) is 0. The first kappa shape index (κ1) is 14.2. The number of carbonyl (C=O) groups excluding carboxylic acids is 1. The lowest BCUT2D eigenvalue weighted by molar-refractivity contribution is 0.0909. The largest absolute Gasteiger partial charge is 0.409 e. The number of hydrogen-bond donors (Lipinski definition) is 3. The zero-order chi connectivity index (χ0) is 14.4. The lowest BCUT2D eigenvalue weighted by Crippen LogP contribution is -2.46. The van der Waals surface area contributed by atoms with E-state index in [-0.39, 0.29) is 17.8 Å². The summed E-state index contributed by atoms with van der Waals surface area (Å²) >= 11 is 0. The van der Waals surface area contributed by atoms with E-state index in [4.69, 9.17) is 10.9 Å². The predicted octanol–water partition coefficient (Wildman–Crippen LogP) is -0.583. The molecule has 0 aromatic carbocycles. The average Bonchev–Trinajstić information content (AvgIpc) is 2.50. The van der Waals surface area contributed by atoms with Crippen LogP contribution in [0.2, 0.25) is 0 Å². The Balaban J connectivity index is 1.79. The molecule has 0 spiro atoms. The van der Waals surface area contributed by atoms with Gasteiger partial charge in [0.25, 0.3) is 5.91 Å². The molecule has 2 rings (SSSR count). The Morgan fingerprint density at radius 1 is 1.50 bits per heavy atom. The van der Waals surface area contributed by atoms with E-state index in [0.29, 0.717) is 12.2 Å². The van der Waals surface area contributed by atoms with Crippen molar-refractivity contribution in [2.45, 2.75) is 18.9 Å². The molecular weight excluding hydrogens is 260 g/mol. The van der Waals surface area contributed by atoms with E-state index in [9.17, 15) is 4.79 Å². The third-order valence-corrected chi connectivity index (χ3v) is 3.23. The van der Waals surface area contributed by atoms with Gasteiger partial charge >= 0.3 is 0 Å². The molecule has 1 aromatic rings. The fraction of sp³-hybridized carbons (Fsp3) is 0.500. The lowest BCUT2D eigenvalue weighted by atomic mass is 10.0. The third-order valence-electron chi connectivity index (χ3n) is 3.23. The van der Waals surface area contributed by atoms with Crippen LogP contribution in [0.4, 0.5) is 0 Å². The van der Waals surface area contributed by atoms with Crippen LogP contribution < -0.4 is 11.1 Å². The second-order valence-electron chi connectivity index (χ2n) is 4.71. The molecule has 0 atom stereocenters. The van der Waals surface area contributed by atoms with Crippen molar-refractivity contribution in [2.24, 2.45) is 10.9 Å². The summed E-state index contributed by atoms with van der Waals surface area (Å²) in [6.45, 7) is 2.03. The molecule has 8 heteroatoms. The number of nitrogens with zero attached hydrogens (tertiary/aromatic N) is 4. The Hall–Kier alpha value is -2.22. The topological polar surface area (TPSA) is 117 Å². The summed E-state index contributed by atoms with van der Waals surface area (Å²) < 4.78 is 0. The summed E-state index contributed by atoms with van der Waals surface area (Å²) in [6, 6.07) is 0.119. The van der Waals surface area contributed by atoms with Crippen LogP contribution in [-0.4, -0.2) is 57.5 Å². The number of carbonyl (C=O) groups is 1. The average molecular weight is 278 g/mol. The Bertz CT molecular complexity index is 470. The highest BCUT2D eigenvalue weighted by Crippen LogP contribution is 2.10. The van der Waals surface area contributed by atoms with Gasteiger partial charge in [-0.1, -0.05) is 5.16 Å². The standard InChI is InChI=1S/C12H18N6O2/c13-11(17-20)8-18-5-1-9(2-6-18)16-12(19)10-7-14-3-4-15-10/h3-4,7,9,20H,1-2,5-6,8H2,(H2,13,17)(H,16,19). The first-order valence-corrected chi connectivity index (χ1v) is 6.44. The molecule has 2 heterocycles. The van der Waals surface area contributed by atoms with E-state index in [1.54, 1.807) is 0 Å². The van der Waals surface area contributed by atoms with Gasteiger partial charge in [-0.15, -0.1) is 0 Å². The maximum atomic E-state index is 11.9. The summed E-state index contributed by atoms with van der Waals surface area (Å²) in [4.78, 5) is 21.8. The Morgan fingerprint density at radius 3 is 2.85 bits per heavy atom. The van der Waals surface area contributed by atoms with E-state index in [1.165, 1.54) is 18.6 Å². The molecule has 1 fully saturated rings. The van der Waals surface area contributed by atoms with Gasteiger partial charge in [-0.25, -0.2) is 4.98 Å². The van der Waals surface area contributed by atoms with E-state index in [0.717, 1.165) is 25.9 Å². The van der Waals surface area contributed by atoms with Gasteiger partial charge in [-0.05, 0) is 12.8 Å². The van der Waals surface area contributed by atoms with Crippen molar-refractivity contribution in [3.63, 3.8) is 0 Å². The van der Waals surface area contributed by atoms with Crippen molar-refractivity contribution >= 4 is 11.7 Å². The quantitative estimate of drug-likeness (QED) is 0.293. The van der Waals surface area contributed by atoms with Crippen LogP contribution in [0.25, 0.3) is 0 Å². The second kappa shape index (κ2) is 6.80. The van der Waals surface area contributed by atoms with Gasteiger partial charge in [0, 0.05) is 31.5 Å². The van der Waals surface area contributed by atoms with Gasteiger partial charge in [0.15, 0.2) is 5.84 Å². The lowest BCUT2D eigenvalue weighted by Gasteiger charge is -2.31. The third kappa shape index (κ3) is 3.89. The van der Waals surface area contributed by atoms with Gasteiger partial charge in [0.05, 0.1) is 12.7 Å². The second-order valence-corrected chi connectivity index (χ2v) is 4.71. The normalized spacial score (nSPS) is 17.9. The highest BCUT2D eigenvalue weighted by molar-refractivity contribution is 5.92. The molecule has 8 nitrogen and oxygen atoms in total. The van der Waals surface area contributed by atoms with Gasteiger partial charge in [-0.2, -0.15) is 0 Å². The molecule has 0 radical (unpaired) electrons. The van der Waals surface area contributed by atoms with E-state index in [2.05, 4.69) is 25.3 Å². The summed E-state index contributed by atoms with van der Waals surface area (Å²) in [5.41, 5.74) is 5.79. The van der Waals surface area contributed by atoms with Crippen LogP contribution in [0.15, 0.2) is 23.7 Å². The SMILES string of the molecule is NC(CN1CCC(NC(=O)c2cnccn2)CC1)=NO. The molecular formula is C12H18N6O2. The highest BCUT2D eigenvalue weighted by atomic mass is 16.4. The maximum Gasteiger partial charge on any atom is 0.271 e. The van der Waals surface area contributed by atoms with Gasteiger partial charge in [0.1, 0.15) is 5.69 Å². The molecule has 1 aromatic heterocycles. The Labute approximate surface area is 116 Å². The summed E-state index contributed by atoms with van der Waals surface area (Å²) in [5.74, 6) is 0.0000279. The summed E-state index contributed by atoms with van der Waals surface area (Å²) in [5, 5.41) is 14.4. The van der Waals surface area contributed by atoms with E-state index < -0.39 is 0 Å². The number of likely N-dealkylation sites (tertiary alicyclic amines) is 1. The van der Waals surface area contributed by atoms with Crippen LogP contribution in [-0.2, 0) is 0 Å². The Morgan fingerprint density at radius 2 is 2.25 bits per heavy atom. The number of oxime groups is 1. The van der Waals surface area contributed by atoms with Crippen molar-refractivity contribution in [3.8, 4) is 0 Å². The minimum absolute atomic E-state index is 0.119. The van der Waals surface area contributed by atoms with Crippen LogP contribution in [0.1, 0.15) is 23.3 Å². The molecule has 0 saturated carbocycles. The minimum Gasteiger partial charge on any atom is -0.409 e. The first-order valence-electron chi connectivity index (χ1n) is 6.44. The molecule has 20 heavy (non-hydrogen) atoms.